The minimum atomic E-state index is 0.863. The molecule has 0 radical (unpaired) electrons. The summed E-state index contributed by atoms with van der Waals surface area (Å²) in [7, 11) is 0. The van der Waals surface area contributed by atoms with Crippen LogP contribution in [0.3, 0.4) is 0 Å². The van der Waals surface area contributed by atoms with Gasteiger partial charge in [0, 0.05) is 5.33 Å². The summed E-state index contributed by atoms with van der Waals surface area (Å²) in [4.78, 5) is 0. The molecule has 0 bridgehead atoms. The van der Waals surface area contributed by atoms with E-state index in [9.17, 15) is 0 Å². The van der Waals surface area contributed by atoms with E-state index < -0.39 is 0 Å². The Morgan fingerprint density at radius 3 is 2.60 bits per heavy atom. The van der Waals surface area contributed by atoms with Crippen molar-refractivity contribution in [3.63, 3.8) is 0 Å². The zero-order valence-corrected chi connectivity index (χ0v) is 8.36. The summed E-state index contributed by atoms with van der Waals surface area (Å²) in [6.45, 7) is 5.99. The lowest BCUT2D eigenvalue weighted by molar-refractivity contribution is 0.475. The molecule has 0 saturated carbocycles. The smallest absolute Gasteiger partial charge is 0.00340 e. The van der Waals surface area contributed by atoms with Gasteiger partial charge in [-0.3, -0.25) is 0 Å². The number of alkyl halides is 1. The summed E-state index contributed by atoms with van der Waals surface area (Å²) in [6, 6.07) is 0. The first-order valence-corrected chi connectivity index (χ1v) is 5.14. The average molecular weight is 205 g/mol. The Balaban J connectivity index is 3.38. The molecule has 0 fully saturated rings. The molecule has 10 heavy (non-hydrogen) atoms. The second kappa shape index (κ2) is 7.33. The van der Waals surface area contributed by atoms with Crippen LogP contribution in [-0.2, 0) is 0 Å². The molecule has 0 aromatic rings. The van der Waals surface area contributed by atoms with Crippen LogP contribution in [0.1, 0.15) is 32.6 Å². The molecule has 1 unspecified atom stereocenters. The van der Waals surface area contributed by atoms with E-state index >= 15 is 0 Å². The molecule has 1 atom stereocenters. The third-order valence-corrected chi connectivity index (χ3v) is 2.17. The van der Waals surface area contributed by atoms with E-state index in [4.69, 9.17) is 0 Å². The van der Waals surface area contributed by atoms with Gasteiger partial charge in [0.25, 0.3) is 0 Å². The van der Waals surface area contributed by atoms with Gasteiger partial charge in [0.15, 0.2) is 0 Å². The first-order valence-electron chi connectivity index (χ1n) is 4.02. The molecule has 0 aliphatic carbocycles. The summed E-state index contributed by atoms with van der Waals surface area (Å²) >= 11 is 3.46. The fourth-order valence-electron chi connectivity index (χ4n) is 1.18. The monoisotopic (exact) mass is 204 g/mol. The summed E-state index contributed by atoms with van der Waals surface area (Å²) in [5, 5.41) is 1.13. The number of hydrogen-bond donors (Lipinski definition) is 0. The van der Waals surface area contributed by atoms with Crippen LogP contribution in [0.4, 0.5) is 0 Å². The van der Waals surface area contributed by atoms with Crippen LogP contribution in [0, 0.1) is 5.92 Å². The van der Waals surface area contributed by atoms with Gasteiger partial charge in [-0.15, -0.1) is 6.58 Å². The van der Waals surface area contributed by atoms with E-state index in [0.717, 1.165) is 11.2 Å². The summed E-state index contributed by atoms with van der Waals surface area (Å²) < 4.78 is 0. The molecule has 0 saturated heterocycles. The predicted molar refractivity (Wildman–Crippen MR) is 51.6 cm³/mol. The normalized spacial score (nSPS) is 13.0. The van der Waals surface area contributed by atoms with Crippen LogP contribution in [0.2, 0.25) is 0 Å². The van der Waals surface area contributed by atoms with Gasteiger partial charge in [0.2, 0.25) is 0 Å². The van der Waals surface area contributed by atoms with E-state index in [1.54, 1.807) is 0 Å². The van der Waals surface area contributed by atoms with Crippen molar-refractivity contribution < 1.29 is 0 Å². The molecule has 0 rings (SSSR count). The van der Waals surface area contributed by atoms with Gasteiger partial charge in [-0.05, 0) is 18.8 Å². The van der Waals surface area contributed by atoms with Gasteiger partial charge in [-0.25, -0.2) is 0 Å². The maximum Gasteiger partial charge on any atom is 0.00340 e. The molecule has 0 heterocycles. The van der Waals surface area contributed by atoms with Crippen LogP contribution in [0.25, 0.3) is 0 Å². The summed E-state index contributed by atoms with van der Waals surface area (Å²) in [5.74, 6) is 0.863. The van der Waals surface area contributed by atoms with Crippen molar-refractivity contribution in [2.45, 2.75) is 32.6 Å². The van der Waals surface area contributed by atoms with Crippen molar-refractivity contribution in [2.24, 2.45) is 5.92 Å². The Kier molecular flexibility index (Phi) is 7.49. The van der Waals surface area contributed by atoms with Gasteiger partial charge >= 0.3 is 0 Å². The Bertz CT molecular complexity index is 72.8. The molecule has 0 aliphatic heterocycles. The van der Waals surface area contributed by atoms with Crippen molar-refractivity contribution in [1.82, 2.24) is 0 Å². The number of halogens is 1. The maximum atomic E-state index is 3.75. The van der Waals surface area contributed by atoms with Crippen LogP contribution in [0.15, 0.2) is 12.7 Å². The highest BCUT2D eigenvalue weighted by Crippen LogP contribution is 2.16. The fourth-order valence-corrected chi connectivity index (χ4v) is 1.83. The molecule has 0 nitrogen and oxygen atoms in total. The topological polar surface area (TPSA) is 0 Å². The van der Waals surface area contributed by atoms with Crippen molar-refractivity contribution in [1.29, 1.82) is 0 Å². The number of hydrogen-bond acceptors (Lipinski definition) is 0. The van der Waals surface area contributed by atoms with Gasteiger partial charge < -0.3 is 0 Å². The van der Waals surface area contributed by atoms with Crippen LogP contribution >= 0.6 is 15.9 Å². The molecule has 0 amide bonds. The summed E-state index contributed by atoms with van der Waals surface area (Å²) in [6.07, 6.45) is 7.14. The molecule has 0 aromatic heterocycles. The third-order valence-electron chi connectivity index (χ3n) is 1.71. The van der Waals surface area contributed by atoms with E-state index in [0.29, 0.717) is 0 Å². The van der Waals surface area contributed by atoms with Crippen LogP contribution < -0.4 is 0 Å². The van der Waals surface area contributed by atoms with Gasteiger partial charge in [0.05, 0.1) is 0 Å². The summed E-state index contributed by atoms with van der Waals surface area (Å²) in [5.41, 5.74) is 0. The number of rotatable bonds is 6. The maximum absolute atomic E-state index is 3.75. The molecule has 0 N–H and O–H groups in total. The Morgan fingerprint density at radius 1 is 1.50 bits per heavy atom. The Hall–Kier alpha value is 0.220. The lowest BCUT2D eigenvalue weighted by Crippen LogP contribution is -1.98. The zero-order valence-electron chi connectivity index (χ0n) is 6.78. The minimum Gasteiger partial charge on any atom is -0.103 e. The molecule has 0 aromatic carbocycles. The second-order valence-electron chi connectivity index (χ2n) is 2.66. The lowest BCUT2D eigenvalue weighted by atomic mass is 9.97. The van der Waals surface area contributed by atoms with Crippen LogP contribution in [-0.4, -0.2) is 5.33 Å². The third kappa shape index (κ3) is 5.04. The van der Waals surface area contributed by atoms with Gasteiger partial charge in [-0.2, -0.15) is 0 Å². The SMILES string of the molecule is C=CCC(CCC)CCBr. The quantitative estimate of drug-likeness (QED) is 0.457. The second-order valence-corrected chi connectivity index (χ2v) is 3.45. The lowest BCUT2D eigenvalue weighted by Gasteiger charge is -2.10. The minimum absolute atomic E-state index is 0.863. The highest BCUT2D eigenvalue weighted by Gasteiger charge is 2.03. The molecular weight excluding hydrogens is 188 g/mol. The standard InChI is InChI=1S/C9H17Br/c1-3-5-9(6-4-2)7-8-10/h3,9H,1,4-8H2,2H3. The van der Waals surface area contributed by atoms with Gasteiger partial charge in [-0.1, -0.05) is 41.8 Å². The highest BCUT2D eigenvalue weighted by molar-refractivity contribution is 9.09. The van der Waals surface area contributed by atoms with E-state index in [1.165, 1.54) is 25.7 Å². The Morgan fingerprint density at radius 2 is 2.20 bits per heavy atom. The van der Waals surface area contributed by atoms with E-state index in [2.05, 4.69) is 29.4 Å². The van der Waals surface area contributed by atoms with Crippen molar-refractivity contribution in [3.05, 3.63) is 12.7 Å². The Labute approximate surface area is 72.8 Å². The first-order chi connectivity index (χ1) is 4.85. The molecule has 0 aliphatic rings. The predicted octanol–water partition coefficient (Wildman–Crippen LogP) is 3.76. The number of allylic oxidation sites excluding steroid dienone is 1. The van der Waals surface area contributed by atoms with Crippen molar-refractivity contribution in [2.75, 3.05) is 5.33 Å². The zero-order chi connectivity index (χ0) is 7.82. The van der Waals surface area contributed by atoms with E-state index in [-0.39, 0.29) is 0 Å². The van der Waals surface area contributed by atoms with E-state index in [1.807, 2.05) is 6.08 Å². The average Bonchev–Trinajstić information content (AvgIpc) is 1.90. The van der Waals surface area contributed by atoms with Crippen molar-refractivity contribution in [3.8, 4) is 0 Å². The molecule has 0 spiro atoms. The molecule has 60 valence electrons. The molecular formula is C9H17Br. The first kappa shape index (κ1) is 10.2. The molecule has 1 heteroatoms. The highest BCUT2D eigenvalue weighted by atomic mass is 79.9. The largest absolute Gasteiger partial charge is 0.103 e. The van der Waals surface area contributed by atoms with Crippen molar-refractivity contribution >= 4 is 15.9 Å². The fraction of sp³-hybridized carbons (Fsp3) is 0.778. The van der Waals surface area contributed by atoms with Crippen LogP contribution in [0.5, 0.6) is 0 Å². The van der Waals surface area contributed by atoms with Gasteiger partial charge in [0.1, 0.15) is 0 Å².